The molecule has 0 heterocycles. The van der Waals surface area contributed by atoms with Crippen molar-refractivity contribution in [2.24, 2.45) is 0 Å². The van der Waals surface area contributed by atoms with E-state index in [0.29, 0.717) is 23.0 Å². The summed E-state index contributed by atoms with van der Waals surface area (Å²) in [6.07, 6.45) is 4.18. The second-order valence-electron chi connectivity index (χ2n) is 8.38. The topological polar surface area (TPSA) is 86.3 Å². The minimum Gasteiger partial charge on any atom is -0.497 e. The van der Waals surface area contributed by atoms with Crippen LogP contribution in [-0.4, -0.2) is 56.7 Å². The third-order valence-corrected chi connectivity index (χ3v) is 6.04. The number of benzene rings is 2. The number of carbonyl (C=O) groups excluding carboxylic acids is 2. The minimum absolute atomic E-state index is 0.161. The molecule has 1 aliphatic rings. The van der Waals surface area contributed by atoms with Crippen LogP contribution in [0.5, 0.6) is 23.0 Å². The van der Waals surface area contributed by atoms with Gasteiger partial charge < -0.3 is 29.2 Å². The zero-order valence-corrected chi connectivity index (χ0v) is 20.3. The number of nitrogens with one attached hydrogen (secondary N) is 1. The molecule has 0 radical (unpaired) electrons. The highest BCUT2D eigenvalue weighted by Crippen LogP contribution is 2.27. The van der Waals surface area contributed by atoms with E-state index < -0.39 is 6.04 Å². The van der Waals surface area contributed by atoms with Gasteiger partial charge in [-0.15, -0.1) is 0 Å². The molecule has 1 fully saturated rings. The van der Waals surface area contributed by atoms with Crippen LogP contribution in [0.15, 0.2) is 42.5 Å². The lowest BCUT2D eigenvalue weighted by Crippen LogP contribution is -2.50. The number of amides is 2. The number of nitrogens with zero attached hydrogens (tertiary/aromatic N) is 1. The average Bonchev–Trinajstić information content (AvgIpc) is 3.38. The Hall–Kier alpha value is -3.42. The molecular weight excluding hydrogens is 436 g/mol. The van der Waals surface area contributed by atoms with E-state index in [9.17, 15) is 9.59 Å². The van der Waals surface area contributed by atoms with E-state index in [1.54, 1.807) is 46.5 Å². The molecule has 1 aliphatic carbocycles. The van der Waals surface area contributed by atoms with Crippen LogP contribution in [0.2, 0.25) is 0 Å². The van der Waals surface area contributed by atoms with Crippen molar-refractivity contribution < 1.29 is 28.5 Å². The maximum absolute atomic E-state index is 13.3. The molecule has 2 aromatic rings. The van der Waals surface area contributed by atoms with Crippen molar-refractivity contribution in [1.29, 1.82) is 0 Å². The second-order valence-corrected chi connectivity index (χ2v) is 8.38. The molecule has 2 aromatic carbocycles. The van der Waals surface area contributed by atoms with Gasteiger partial charge in [0.15, 0.2) is 6.61 Å². The molecule has 184 valence electrons. The molecule has 8 nitrogen and oxygen atoms in total. The molecule has 0 unspecified atom stereocenters. The SMILES string of the molecule is COc1cccc(CN(C(=O)COc2cc(OC)cc(OC)c2)[C@H](C)C(=O)NC2CCCC2)c1. The normalized spacial score (nSPS) is 14.2. The van der Waals surface area contributed by atoms with E-state index in [0.717, 1.165) is 31.2 Å². The zero-order chi connectivity index (χ0) is 24.5. The average molecular weight is 471 g/mol. The summed E-state index contributed by atoms with van der Waals surface area (Å²) in [5, 5.41) is 3.09. The van der Waals surface area contributed by atoms with Gasteiger partial charge in [0.25, 0.3) is 5.91 Å². The number of rotatable bonds is 11. The Balaban J connectivity index is 1.75. The van der Waals surface area contributed by atoms with Crippen molar-refractivity contribution in [1.82, 2.24) is 10.2 Å². The Labute approximate surface area is 201 Å². The molecule has 2 amide bonds. The third-order valence-electron chi connectivity index (χ3n) is 6.04. The van der Waals surface area contributed by atoms with Gasteiger partial charge in [0.1, 0.15) is 29.0 Å². The maximum Gasteiger partial charge on any atom is 0.261 e. The number of ether oxygens (including phenoxy) is 4. The Kier molecular flexibility index (Phi) is 9.01. The molecule has 0 spiro atoms. The van der Waals surface area contributed by atoms with Gasteiger partial charge in [-0.05, 0) is 37.5 Å². The predicted molar refractivity (Wildman–Crippen MR) is 128 cm³/mol. The predicted octanol–water partition coefficient (Wildman–Crippen LogP) is 3.57. The summed E-state index contributed by atoms with van der Waals surface area (Å²) in [6.45, 7) is 1.76. The first-order chi connectivity index (χ1) is 16.4. The molecule has 34 heavy (non-hydrogen) atoms. The molecule has 1 saturated carbocycles. The molecule has 0 aliphatic heterocycles. The fraction of sp³-hybridized carbons (Fsp3) is 0.462. The highest BCUT2D eigenvalue weighted by molar-refractivity contribution is 5.88. The van der Waals surface area contributed by atoms with Crippen molar-refractivity contribution >= 4 is 11.8 Å². The van der Waals surface area contributed by atoms with E-state index in [4.69, 9.17) is 18.9 Å². The maximum atomic E-state index is 13.3. The summed E-state index contributed by atoms with van der Waals surface area (Å²) < 4.78 is 21.6. The lowest BCUT2D eigenvalue weighted by Gasteiger charge is -2.29. The summed E-state index contributed by atoms with van der Waals surface area (Å²) >= 11 is 0. The van der Waals surface area contributed by atoms with E-state index in [1.165, 1.54) is 4.90 Å². The number of hydrogen-bond donors (Lipinski definition) is 1. The Morgan fingerprint density at radius 3 is 2.18 bits per heavy atom. The number of methoxy groups -OCH3 is 3. The van der Waals surface area contributed by atoms with Crippen LogP contribution < -0.4 is 24.3 Å². The van der Waals surface area contributed by atoms with Crippen molar-refractivity contribution in [3.8, 4) is 23.0 Å². The van der Waals surface area contributed by atoms with Crippen molar-refractivity contribution in [2.45, 2.75) is 51.2 Å². The first-order valence-corrected chi connectivity index (χ1v) is 11.5. The van der Waals surface area contributed by atoms with Crippen LogP contribution in [0, 0.1) is 0 Å². The van der Waals surface area contributed by atoms with Crippen LogP contribution in [-0.2, 0) is 16.1 Å². The fourth-order valence-corrected chi connectivity index (χ4v) is 4.03. The molecule has 0 saturated heterocycles. The first-order valence-electron chi connectivity index (χ1n) is 11.5. The summed E-state index contributed by atoms with van der Waals surface area (Å²) in [5.74, 6) is 1.77. The van der Waals surface area contributed by atoms with E-state index >= 15 is 0 Å². The van der Waals surface area contributed by atoms with Gasteiger partial charge in [0, 0.05) is 30.8 Å². The Morgan fingerprint density at radius 2 is 1.56 bits per heavy atom. The van der Waals surface area contributed by atoms with E-state index in [-0.39, 0.29) is 31.0 Å². The molecule has 8 heteroatoms. The van der Waals surface area contributed by atoms with Gasteiger partial charge in [-0.25, -0.2) is 0 Å². The summed E-state index contributed by atoms with van der Waals surface area (Å²) in [7, 11) is 4.68. The van der Waals surface area contributed by atoms with Crippen LogP contribution in [0.1, 0.15) is 38.2 Å². The van der Waals surface area contributed by atoms with Crippen molar-refractivity contribution in [3.05, 3.63) is 48.0 Å². The summed E-state index contributed by atoms with van der Waals surface area (Å²) in [4.78, 5) is 27.8. The van der Waals surface area contributed by atoms with Gasteiger partial charge in [0.2, 0.25) is 5.91 Å². The standard InChI is InChI=1S/C26H34N2O6/c1-18(26(30)27-20-9-5-6-10-20)28(16-19-8-7-11-21(12-19)31-2)25(29)17-34-24-14-22(32-3)13-23(15-24)33-4/h7-8,11-15,18,20H,5-6,9-10,16-17H2,1-4H3,(H,27,30)/t18-/m1/s1. The third kappa shape index (κ3) is 6.79. The highest BCUT2D eigenvalue weighted by Gasteiger charge is 2.29. The second kappa shape index (κ2) is 12.2. The van der Waals surface area contributed by atoms with Crippen LogP contribution >= 0.6 is 0 Å². The van der Waals surface area contributed by atoms with Crippen LogP contribution in [0.25, 0.3) is 0 Å². The highest BCUT2D eigenvalue weighted by atomic mass is 16.5. The number of hydrogen-bond acceptors (Lipinski definition) is 6. The monoisotopic (exact) mass is 470 g/mol. The van der Waals surface area contributed by atoms with Gasteiger partial charge in [0.05, 0.1) is 21.3 Å². The van der Waals surface area contributed by atoms with Crippen molar-refractivity contribution in [2.75, 3.05) is 27.9 Å². The van der Waals surface area contributed by atoms with Crippen LogP contribution in [0.4, 0.5) is 0 Å². The first kappa shape index (κ1) is 25.2. The van der Waals surface area contributed by atoms with Gasteiger partial charge in [-0.1, -0.05) is 25.0 Å². The van der Waals surface area contributed by atoms with E-state index in [2.05, 4.69) is 5.32 Å². The summed E-state index contributed by atoms with van der Waals surface area (Å²) in [5.41, 5.74) is 0.858. The molecule has 1 N–H and O–H groups in total. The number of carbonyl (C=O) groups is 2. The molecule has 1 atom stereocenters. The summed E-state index contributed by atoms with van der Waals surface area (Å²) in [6, 6.07) is 12.0. The Morgan fingerprint density at radius 1 is 0.941 bits per heavy atom. The molecule has 0 bridgehead atoms. The van der Waals surface area contributed by atoms with Gasteiger partial charge >= 0.3 is 0 Å². The lowest BCUT2D eigenvalue weighted by molar-refractivity contribution is -0.142. The van der Waals surface area contributed by atoms with Crippen molar-refractivity contribution in [3.63, 3.8) is 0 Å². The molecule has 0 aromatic heterocycles. The van der Waals surface area contributed by atoms with Gasteiger partial charge in [-0.2, -0.15) is 0 Å². The van der Waals surface area contributed by atoms with Crippen LogP contribution in [0.3, 0.4) is 0 Å². The fourth-order valence-electron chi connectivity index (χ4n) is 4.03. The largest absolute Gasteiger partial charge is 0.497 e. The lowest BCUT2D eigenvalue weighted by atomic mass is 10.1. The Bertz CT molecular complexity index is 951. The van der Waals surface area contributed by atoms with E-state index in [1.807, 2.05) is 24.3 Å². The van der Waals surface area contributed by atoms with Gasteiger partial charge in [-0.3, -0.25) is 9.59 Å². The molecule has 3 rings (SSSR count). The quantitative estimate of drug-likeness (QED) is 0.540. The zero-order valence-electron chi connectivity index (χ0n) is 20.3. The minimum atomic E-state index is -0.664. The molecular formula is C26H34N2O6. The smallest absolute Gasteiger partial charge is 0.261 e.